The van der Waals surface area contributed by atoms with E-state index in [4.69, 9.17) is 9.47 Å². The number of ether oxygens (including phenoxy) is 2. The second kappa shape index (κ2) is 14.0. The van der Waals surface area contributed by atoms with Gasteiger partial charge < -0.3 is 19.9 Å². The molecule has 4 rings (SSSR count). The van der Waals surface area contributed by atoms with Gasteiger partial charge >= 0.3 is 12.1 Å². The third-order valence-electron chi connectivity index (χ3n) is 6.99. The minimum absolute atomic E-state index is 0.210. The maximum Gasteiger partial charge on any atom is 0.344 e. The Hall–Kier alpha value is -4.62. The average Bonchev–Trinajstić information content (AvgIpc) is 3.02. The molecule has 0 aliphatic rings. The number of hydrogen-bond donors (Lipinski definition) is 0. The number of rotatable bonds is 12. The Morgan fingerprint density at radius 1 is 0.550 bits per heavy atom. The van der Waals surface area contributed by atoms with Gasteiger partial charge in [0.1, 0.15) is 0 Å². The van der Waals surface area contributed by atoms with Crippen LogP contribution < -0.4 is 0 Å². The molecule has 0 atom stereocenters. The average molecular weight is 533 g/mol. The molecule has 0 aliphatic heterocycles. The topological polar surface area (TPSA) is 73.3 Å². The standard InChI is InChI=1S/C34H32N2O4/c1-28(22-24-39-33(26-35-37,29-14-6-2-7-15-29)30-16-8-3-9-17-30)23-25-40-34(27-36-38,31-18-10-4-11-19-31)32-20-12-5-13-21-32/h2-21,28H,22-25H2,1H3. The summed E-state index contributed by atoms with van der Waals surface area (Å²) in [5, 5.41) is 29.0. The highest BCUT2D eigenvalue weighted by Crippen LogP contribution is 2.36. The highest BCUT2D eigenvalue weighted by molar-refractivity contribution is 5.45. The molecule has 202 valence electrons. The molecule has 0 aliphatic carbocycles. The summed E-state index contributed by atoms with van der Waals surface area (Å²) in [5.74, 6) is 0.210. The highest BCUT2D eigenvalue weighted by Gasteiger charge is 2.41. The van der Waals surface area contributed by atoms with Crippen LogP contribution in [-0.4, -0.2) is 13.2 Å². The monoisotopic (exact) mass is 532 g/mol. The Kier molecular flexibility index (Phi) is 9.91. The second-order valence-electron chi connectivity index (χ2n) is 9.61. The van der Waals surface area contributed by atoms with Crippen LogP contribution in [0.2, 0.25) is 0 Å². The smallest absolute Gasteiger partial charge is 0.344 e. The lowest BCUT2D eigenvalue weighted by Gasteiger charge is -2.27. The molecule has 0 aromatic heterocycles. The molecule has 0 saturated carbocycles. The zero-order valence-corrected chi connectivity index (χ0v) is 22.5. The largest absolute Gasteiger partial charge is 0.498 e. The van der Waals surface area contributed by atoms with Gasteiger partial charge in [-0.05, 0) is 18.8 Å². The summed E-state index contributed by atoms with van der Waals surface area (Å²) < 4.78 is 12.8. The highest BCUT2D eigenvalue weighted by atomic mass is 16.5. The number of benzene rings is 4. The van der Waals surface area contributed by atoms with Gasteiger partial charge in [-0.2, -0.15) is 0 Å². The van der Waals surface area contributed by atoms with Crippen LogP contribution in [0, 0.1) is 28.5 Å². The van der Waals surface area contributed by atoms with E-state index in [0.717, 1.165) is 22.3 Å². The van der Waals surface area contributed by atoms with Gasteiger partial charge in [-0.25, -0.2) is 0 Å². The van der Waals surface area contributed by atoms with E-state index in [9.17, 15) is 10.4 Å². The Balaban J connectivity index is 1.46. The van der Waals surface area contributed by atoms with E-state index in [1.54, 1.807) is 0 Å². The Labute approximate surface area is 235 Å². The van der Waals surface area contributed by atoms with Crippen LogP contribution in [0.4, 0.5) is 0 Å². The van der Waals surface area contributed by atoms with Crippen molar-refractivity contribution >= 4 is 0 Å². The molecule has 0 bridgehead atoms. The molecule has 0 saturated heterocycles. The van der Waals surface area contributed by atoms with Gasteiger partial charge in [0.25, 0.3) is 11.2 Å². The van der Waals surface area contributed by atoms with Crippen molar-refractivity contribution in [2.45, 2.75) is 31.0 Å². The Bertz CT molecular complexity index is 1250. The lowest BCUT2D eigenvalue weighted by Crippen LogP contribution is -2.31. The van der Waals surface area contributed by atoms with Crippen LogP contribution in [0.15, 0.2) is 121 Å². The van der Waals surface area contributed by atoms with Crippen molar-refractivity contribution in [1.82, 2.24) is 0 Å². The van der Waals surface area contributed by atoms with Crippen molar-refractivity contribution in [3.63, 3.8) is 0 Å². The predicted octanol–water partition coefficient (Wildman–Crippen LogP) is 7.98. The summed E-state index contributed by atoms with van der Waals surface area (Å²) in [5.41, 5.74) is 0.685. The summed E-state index contributed by atoms with van der Waals surface area (Å²) in [4.78, 5) is 0. The maximum absolute atomic E-state index is 11.5. The van der Waals surface area contributed by atoms with Crippen molar-refractivity contribution in [1.29, 1.82) is 0 Å². The van der Waals surface area contributed by atoms with Gasteiger partial charge in [-0.3, -0.25) is 0 Å². The van der Waals surface area contributed by atoms with E-state index in [1.807, 2.05) is 121 Å². The Morgan fingerprint density at radius 3 is 1.07 bits per heavy atom. The molecule has 6 nitrogen and oxygen atoms in total. The van der Waals surface area contributed by atoms with Gasteiger partial charge in [0.2, 0.25) is 0 Å². The summed E-state index contributed by atoms with van der Waals surface area (Å²) >= 11 is 0. The normalized spacial score (nSPS) is 11.2. The van der Waals surface area contributed by atoms with Crippen LogP contribution in [0.1, 0.15) is 42.0 Å². The summed E-state index contributed by atoms with van der Waals surface area (Å²) in [7, 11) is 0. The van der Waals surface area contributed by atoms with E-state index >= 15 is 0 Å². The maximum atomic E-state index is 11.5. The first-order chi connectivity index (χ1) is 19.6. The van der Waals surface area contributed by atoms with Crippen LogP contribution in [0.25, 0.3) is 10.0 Å². The summed E-state index contributed by atoms with van der Waals surface area (Å²) in [6, 6.07) is 43.5. The van der Waals surface area contributed by atoms with Crippen molar-refractivity contribution in [3.8, 4) is 12.1 Å². The molecule has 4 aromatic rings. The van der Waals surface area contributed by atoms with Gasteiger partial charge in [0.05, 0.1) is 0 Å². The third kappa shape index (κ3) is 6.50. The molecule has 0 spiro atoms. The minimum atomic E-state index is -1.21. The number of hydrogen-bond acceptors (Lipinski definition) is 4. The lowest BCUT2D eigenvalue weighted by atomic mass is 9.87. The minimum Gasteiger partial charge on any atom is -0.498 e. The Morgan fingerprint density at radius 2 is 0.825 bits per heavy atom. The molecule has 0 radical (unpaired) electrons. The zero-order chi connectivity index (χ0) is 28.1. The molecule has 0 unspecified atom stereocenters. The van der Waals surface area contributed by atoms with E-state index in [2.05, 4.69) is 29.1 Å². The van der Waals surface area contributed by atoms with Crippen LogP contribution in [0.5, 0.6) is 0 Å². The number of nitrogens with zero attached hydrogens (tertiary/aromatic N) is 2. The lowest BCUT2D eigenvalue weighted by molar-refractivity contribution is 0.00444. The molecule has 0 amide bonds. The zero-order valence-electron chi connectivity index (χ0n) is 22.5. The molecule has 40 heavy (non-hydrogen) atoms. The quantitative estimate of drug-likeness (QED) is 0.173. The first-order valence-corrected chi connectivity index (χ1v) is 13.3. The predicted molar refractivity (Wildman–Crippen MR) is 159 cm³/mol. The van der Waals surface area contributed by atoms with Crippen molar-refractivity contribution in [2.75, 3.05) is 13.2 Å². The summed E-state index contributed by atoms with van der Waals surface area (Å²) in [6.45, 7) is 2.84. The van der Waals surface area contributed by atoms with E-state index in [0.29, 0.717) is 26.1 Å². The van der Waals surface area contributed by atoms with Gasteiger partial charge in [-0.1, -0.05) is 128 Å². The van der Waals surface area contributed by atoms with Crippen LogP contribution in [0.3, 0.4) is 0 Å². The van der Waals surface area contributed by atoms with E-state index < -0.39 is 11.2 Å². The molecular formula is C34H32N2O4. The second-order valence-corrected chi connectivity index (χ2v) is 9.61. The summed E-state index contributed by atoms with van der Waals surface area (Å²) in [6.07, 6.45) is 1.41. The van der Waals surface area contributed by atoms with Gasteiger partial charge in [-0.15, -0.1) is 0 Å². The fourth-order valence-corrected chi connectivity index (χ4v) is 4.78. The van der Waals surface area contributed by atoms with Crippen molar-refractivity contribution in [2.24, 2.45) is 5.92 Å². The fourth-order valence-electron chi connectivity index (χ4n) is 4.78. The molecular weight excluding hydrogens is 500 g/mol. The fraction of sp³-hybridized carbons (Fsp3) is 0.235. The first-order valence-electron chi connectivity index (χ1n) is 13.3. The molecule has 0 N–H and O–H groups in total. The first kappa shape index (κ1) is 28.4. The molecule has 4 aromatic carbocycles. The van der Waals surface area contributed by atoms with Crippen molar-refractivity contribution < 1.29 is 9.47 Å². The molecule has 6 heteroatoms. The SMILES string of the molecule is CC(CCOC(C#[N+][O-])(c1ccccc1)c1ccccc1)CCOC(C#[N+][O-])(c1ccccc1)c1ccccc1. The third-order valence-corrected chi connectivity index (χ3v) is 6.99. The van der Waals surface area contributed by atoms with Crippen molar-refractivity contribution in [3.05, 3.63) is 164 Å². The van der Waals surface area contributed by atoms with Gasteiger partial charge in [0, 0.05) is 45.5 Å². The molecule has 0 fully saturated rings. The van der Waals surface area contributed by atoms with Crippen LogP contribution in [-0.2, 0) is 20.7 Å². The van der Waals surface area contributed by atoms with E-state index in [1.165, 1.54) is 0 Å². The molecule has 0 heterocycles. The van der Waals surface area contributed by atoms with Gasteiger partial charge in [0.15, 0.2) is 0 Å². The van der Waals surface area contributed by atoms with E-state index in [-0.39, 0.29) is 5.92 Å². The van der Waals surface area contributed by atoms with Crippen LogP contribution >= 0.6 is 0 Å².